The zero-order chi connectivity index (χ0) is 11.1. The van der Waals surface area contributed by atoms with E-state index in [1.807, 2.05) is 0 Å². The summed E-state index contributed by atoms with van der Waals surface area (Å²) in [5, 5.41) is 3.39. The zero-order valence-corrected chi connectivity index (χ0v) is 10.2. The van der Waals surface area contributed by atoms with Crippen LogP contribution < -0.4 is 5.32 Å². The van der Waals surface area contributed by atoms with Gasteiger partial charge in [-0.15, -0.1) is 0 Å². The Kier molecular flexibility index (Phi) is 2.78. The van der Waals surface area contributed by atoms with Gasteiger partial charge in [0, 0.05) is 18.4 Å². The molecule has 5 unspecified atom stereocenters. The van der Waals surface area contributed by atoms with Crippen molar-refractivity contribution >= 4 is 5.78 Å². The fourth-order valence-electron chi connectivity index (χ4n) is 4.33. The summed E-state index contributed by atoms with van der Waals surface area (Å²) < 4.78 is 0. The molecule has 3 aliphatic rings. The van der Waals surface area contributed by atoms with Crippen LogP contribution in [0.1, 0.15) is 45.4 Å². The summed E-state index contributed by atoms with van der Waals surface area (Å²) in [5.74, 6) is 3.49. The Morgan fingerprint density at radius 2 is 2.12 bits per heavy atom. The Bertz CT molecular complexity index is 288. The number of rotatable bonds is 3. The van der Waals surface area contributed by atoms with Crippen molar-refractivity contribution < 1.29 is 4.79 Å². The highest BCUT2D eigenvalue weighted by molar-refractivity contribution is 5.82. The van der Waals surface area contributed by atoms with Crippen molar-refractivity contribution in [2.75, 3.05) is 6.54 Å². The number of fused-ring (bicyclic) bond motifs is 2. The minimum Gasteiger partial charge on any atom is -0.314 e. The Morgan fingerprint density at radius 3 is 2.69 bits per heavy atom. The lowest BCUT2D eigenvalue weighted by atomic mass is 9.82. The van der Waals surface area contributed by atoms with Gasteiger partial charge in [0.15, 0.2) is 0 Å². The third kappa shape index (κ3) is 1.81. The lowest BCUT2D eigenvalue weighted by Gasteiger charge is -2.23. The number of carbonyl (C=O) groups excluding carboxylic acids is 1. The van der Waals surface area contributed by atoms with Crippen LogP contribution >= 0.6 is 0 Å². The Balaban J connectivity index is 1.56. The maximum absolute atomic E-state index is 12.2. The highest BCUT2D eigenvalue weighted by Gasteiger charge is 2.41. The van der Waals surface area contributed by atoms with Crippen LogP contribution in [0.15, 0.2) is 0 Å². The quantitative estimate of drug-likeness (QED) is 0.793. The summed E-state index contributed by atoms with van der Waals surface area (Å²) in [7, 11) is 0. The molecule has 2 heteroatoms. The van der Waals surface area contributed by atoms with E-state index in [1.165, 1.54) is 25.7 Å². The molecule has 0 spiro atoms. The number of carbonyl (C=O) groups is 1. The average Bonchev–Trinajstić information content (AvgIpc) is 2.92. The predicted molar refractivity (Wildman–Crippen MR) is 64.1 cm³/mol. The van der Waals surface area contributed by atoms with Gasteiger partial charge in [0.2, 0.25) is 0 Å². The maximum atomic E-state index is 12.2. The van der Waals surface area contributed by atoms with Crippen molar-refractivity contribution in [1.29, 1.82) is 0 Å². The number of hydrogen-bond acceptors (Lipinski definition) is 2. The molecule has 2 aliphatic carbocycles. The number of ketones is 1. The molecule has 3 fully saturated rings. The molecule has 2 saturated carbocycles. The summed E-state index contributed by atoms with van der Waals surface area (Å²) in [6.45, 7) is 3.20. The number of hydrogen-bond donors (Lipinski definition) is 1. The van der Waals surface area contributed by atoms with Crippen LogP contribution in [0.5, 0.6) is 0 Å². The topological polar surface area (TPSA) is 29.1 Å². The molecule has 0 aromatic rings. The number of Topliss-reactive ketones (excluding diaryl/α,β-unsaturated/α-hetero) is 1. The van der Waals surface area contributed by atoms with Crippen molar-refractivity contribution in [2.45, 2.75) is 51.5 Å². The van der Waals surface area contributed by atoms with Crippen molar-refractivity contribution in [3.8, 4) is 0 Å². The molecule has 90 valence electrons. The van der Waals surface area contributed by atoms with E-state index in [2.05, 4.69) is 12.2 Å². The normalized spacial score (nSPS) is 46.4. The van der Waals surface area contributed by atoms with E-state index >= 15 is 0 Å². The number of nitrogens with one attached hydrogen (secondary N) is 1. The molecule has 2 bridgehead atoms. The first kappa shape index (κ1) is 10.8. The minimum absolute atomic E-state index is 0.319. The molecule has 3 rings (SSSR count). The van der Waals surface area contributed by atoms with Gasteiger partial charge in [0.1, 0.15) is 5.78 Å². The van der Waals surface area contributed by atoms with Crippen LogP contribution in [-0.2, 0) is 4.79 Å². The second-order valence-corrected chi connectivity index (χ2v) is 6.24. The van der Waals surface area contributed by atoms with E-state index in [0.29, 0.717) is 17.7 Å². The van der Waals surface area contributed by atoms with Gasteiger partial charge >= 0.3 is 0 Å². The Labute approximate surface area is 98.2 Å². The van der Waals surface area contributed by atoms with E-state index in [-0.39, 0.29) is 0 Å². The van der Waals surface area contributed by atoms with Crippen molar-refractivity contribution in [1.82, 2.24) is 5.32 Å². The van der Waals surface area contributed by atoms with Gasteiger partial charge in [-0.2, -0.15) is 0 Å². The maximum Gasteiger partial charge on any atom is 0.137 e. The molecule has 16 heavy (non-hydrogen) atoms. The highest BCUT2D eigenvalue weighted by Crippen LogP contribution is 2.49. The third-order valence-corrected chi connectivity index (χ3v) is 5.29. The summed E-state index contributed by atoms with van der Waals surface area (Å²) in [5.41, 5.74) is 0. The molecule has 0 aromatic heterocycles. The van der Waals surface area contributed by atoms with E-state index in [9.17, 15) is 4.79 Å². The van der Waals surface area contributed by atoms with Crippen molar-refractivity contribution in [2.24, 2.45) is 23.7 Å². The molecule has 2 nitrogen and oxygen atoms in total. The summed E-state index contributed by atoms with van der Waals surface area (Å²) in [4.78, 5) is 12.2. The molecule has 1 saturated heterocycles. The van der Waals surface area contributed by atoms with Gasteiger partial charge in [-0.3, -0.25) is 4.79 Å². The van der Waals surface area contributed by atoms with Crippen LogP contribution in [0.4, 0.5) is 0 Å². The molecule has 0 amide bonds. The van der Waals surface area contributed by atoms with Gasteiger partial charge in [0.25, 0.3) is 0 Å². The second-order valence-electron chi connectivity index (χ2n) is 6.24. The zero-order valence-electron chi connectivity index (χ0n) is 10.2. The molecule has 1 heterocycles. The molecular formula is C14H23NO. The summed E-state index contributed by atoms with van der Waals surface area (Å²) >= 11 is 0. The van der Waals surface area contributed by atoms with Gasteiger partial charge in [-0.1, -0.05) is 6.42 Å². The minimum atomic E-state index is 0.319. The standard InChI is InChI=1S/C14H23NO/c1-9-13(4-5-15-9)14(16)8-12-7-10-2-3-11(12)6-10/h9-13,15H,2-8H2,1H3. The average molecular weight is 221 g/mol. The third-order valence-electron chi connectivity index (χ3n) is 5.29. The SMILES string of the molecule is CC1NCCC1C(=O)CC1CC2CCC1C2. The van der Waals surface area contributed by atoms with Crippen LogP contribution in [-0.4, -0.2) is 18.4 Å². The monoisotopic (exact) mass is 221 g/mol. The molecule has 1 N–H and O–H groups in total. The summed E-state index contributed by atoms with van der Waals surface area (Å²) in [6, 6.07) is 0.422. The van der Waals surface area contributed by atoms with Crippen molar-refractivity contribution in [3.63, 3.8) is 0 Å². The van der Waals surface area contributed by atoms with Crippen molar-refractivity contribution in [3.05, 3.63) is 0 Å². The van der Waals surface area contributed by atoms with Crippen LogP contribution in [0.3, 0.4) is 0 Å². The lowest BCUT2D eigenvalue weighted by molar-refractivity contribution is -0.124. The largest absolute Gasteiger partial charge is 0.314 e. The van der Waals surface area contributed by atoms with Gasteiger partial charge in [-0.25, -0.2) is 0 Å². The van der Waals surface area contributed by atoms with E-state index in [1.54, 1.807) is 0 Å². The summed E-state index contributed by atoms with van der Waals surface area (Å²) in [6.07, 6.45) is 7.58. The first-order valence-corrected chi connectivity index (χ1v) is 7.00. The Hall–Kier alpha value is -0.370. The van der Waals surface area contributed by atoms with E-state index < -0.39 is 0 Å². The van der Waals surface area contributed by atoms with Gasteiger partial charge < -0.3 is 5.32 Å². The Morgan fingerprint density at radius 1 is 1.25 bits per heavy atom. The second kappa shape index (κ2) is 4.14. The first-order valence-electron chi connectivity index (χ1n) is 7.00. The van der Waals surface area contributed by atoms with E-state index in [0.717, 1.165) is 37.1 Å². The molecule has 5 atom stereocenters. The molecule has 1 aliphatic heterocycles. The fraction of sp³-hybridized carbons (Fsp3) is 0.929. The fourth-order valence-corrected chi connectivity index (χ4v) is 4.33. The van der Waals surface area contributed by atoms with Crippen LogP contribution in [0.2, 0.25) is 0 Å². The predicted octanol–water partition coefficient (Wildman–Crippen LogP) is 2.38. The van der Waals surface area contributed by atoms with E-state index in [4.69, 9.17) is 0 Å². The van der Waals surface area contributed by atoms with Crippen LogP contribution in [0, 0.1) is 23.7 Å². The lowest BCUT2D eigenvalue weighted by Crippen LogP contribution is -2.30. The van der Waals surface area contributed by atoms with Gasteiger partial charge in [0.05, 0.1) is 0 Å². The van der Waals surface area contributed by atoms with Crippen LogP contribution in [0.25, 0.3) is 0 Å². The molecule has 0 radical (unpaired) electrons. The smallest absolute Gasteiger partial charge is 0.137 e. The highest BCUT2D eigenvalue weighted by atomic mass is 16.1. The van der Waals surface area contributed by atoms with Gasteiger partial charge in [-0.05, 0) is 56.9 Å². The molecule has 0 aromatic carbocycles. The first-order chi connectivity index (χ1) is 7.74. The molecular weight excluding hydrogens is 198 g/mol.